The fourth-order valence-electron chi connectivity index (χ4n) is 4.44. The number of hydrogen-bond donors (Lipinski definition) is 0. The third-order valence-electron chi connectivity index (χ3n) is 6.30. The van der Waals surface area contributed by atoms with Gasteiger partial charge in [-0.05, 0) is 73.4 Å². The van der Waals surface area contributed by atoms with Gasteiger partial charge in [0.05, 0.1) is 19.1 Å². The highest BCUT2D eigenvalue weighted by Gasteiger charge is 2.23. The molecule has 0 N–H and O–H groups in total. The quantitative estimate of drug-likeness (QED) is 0.607. The molecule has 0 unspecified atom stereocenters. The number of anilines is 1. The van der Waals surface area contributed by atoms with Crippen LogP contribution in [0.3, 0.4) is 0 Å². The van der Waals surface area contributed by atoms with E-state index in [0.717, 1.165) is 62.3 Å². The van der Waals surface area contributed by atoms with Gasteiger partial charge in [-0.15, -0.1) is 0 Å². The Hall–Kier alpha value is -2.19. The summed E-state index contributed by atoms with van der Waals surface area (Å²) in [5, 5.41) is 0. The summed E-state index contributed by atoms with van der Waals surface area (Å²) in [5.41, 5.74) is 2.24. The number of benzene rings is 1. The summed E-state index contributed by atoms with van der Waals surface area (Å²) >= 11 is 0. The number of rotatable bonds is 7. The molecule has 0 spiro atoms. The number of halogens is 1. The van der Waals surface area contributed by atoms with Crippen LogP contribution in [0.4, 0.5) is 10.2 Å². The lowest BCUT2D eigenvalue weighted by molar-refractivity contribution is 0.278. The Balaban J connectivity index is 1.18. The van der Waals surface area contributed by atoms with Crippen molar-refractivity contribution in [1.82, 2.24) is 9.29 Å². The molecule has 1 saturated heterocycles. The van der Waals surface area contributed by atoms with Crippen LogP contribution in [0, 0.1) is 11.7 Å². The van der Waals surface area contributed by atoms with Crippen molar-refractivity contribution in [3.63, 3.8) is 0 Å². The molecule has 1 aromatic heterocycles. The second kappa shape index (κ2) is 9.53. The number of sulfonamides is 1. The van der Waals surface area contributed by atoms with Gasteiger partial charge in [0, 0.05) is 26.2 Å². The number of ether oxygens (including phenoxy) is 1. The van der Waals surface area contributed by atoms with Crippen molar-refractivity contribution in [1.29, 1.82) is 0 Å². The molecule has 2 aromatic rings. The van der Waals surface area contributed by atoms with E-state index in [1.54, 1.807) is 6.07 Å². The average molecular weight is 448 g/mol. The predicted octanol–water partition coefficient (Wildman–Crippen LogP) is 3.61. The minimum atomic E-state index is -3.15. The van der Waals surface area contributed by atoms with Crippen LogP contribution in [-0.2, 0) is 23.0 Å². The van der Waals surface area contributed by atoms with E-state index in [9.17, 15) is 12.8 Å². The van der Waals surface area contributed by atoms with E-state index in [1.807, 2.05) is 12.1 Å². The van der Waals surface area contributed by atoms with Crippen LogP contribution in [0.15, 0.2) is 36.5 Å². The van der Waals surface area contributed by atoms with Gasteiger partial charge in [-0.25, -0.2) is 17.8 Å². The summed E-state index contributed by atoms with van der Waals surface area (Å²) in [6, 6.07) is 9.21. The van der Waals surface area contributed by atoms with Crippen LogP contribution in [0.5, 0.6) is 5.75 Å². The molecular formula is C23H30FN3O3S. The first-order chi connectivity index (χ1) is 14.9. The summed E-state index contributed by atoms with van der Waals surface area (Å²) in [5.74, 6) is 2.11. The van der Waals surface area contributed by atoms with Crippen LogP contribution in [0.2, 0.25) is 0 Å². The van der Waals surface area contributed by atoms with E-state index in [2.05, 4.69) is 16.0 Å². The average Bonchev–Trinajstić information content (AvgIpc) is 2.77. The number of hydrogen-bond acceptors (Lipinski definition) is 5. The van der Waals surface area contributed by atoms with Crippen molar-refractivity contribution in [2.24, 2.45) is 5.92 Å². The maximum atomic E-state index is 13.0. The molecule has 31 heavy (non-hydrogen) atoms. The summed E-state index contributed by atoms with van der Waals surface area (Å²) in [6.45, 7) is 3.58. The Labute approximate surface area is 184 Å². The van der Waals surface area contributed by atoms with Gasteiger partial charge in [0.1, 0.15) is 17.4 Å². The van der Waals surface area contributed by atoms with Crippen LogP contribution in [-0.4, -0.2) is 50.2 Å². The van der Waals surface area contributed by atoms with Gasteiger partial charge in [-0.2, -0.15) is 4.31 Å². The molecule has 2 aliphatic heterocycles. The standard InChI is InChI=1S/C23H30FN3O3S/c1-31(28,29)27-13-10-19-15-22(6-4-20(19)17-27)30-14-2-3-18-8-11-26(12-9-18)23-7-5-21(24)16-25-23/h4-7,15-16,18H,2-3,8-14,17H2,1H3. The molecule has 0 saturated carbocycles. The van der Waals surface area contributed by atoms with Crippen molar-refractivity contribution in [3.8, 4) is 5.75 Å². The molecule has 1 aromatic carbocycles. The Morgan fingerprint density at radius 1 is 1.13 bits per heavy atom. The zero-order valence-electron chi connectivity index (χ0n) is 18.0. The largest absolute Gasteiger partial charge is 0.494 e. The summed E-state index contributed by atoms with van der Waals surface area (Å²) in [4.78, 5) is 6.41. The van der Waals surface area contributed by atoms with Crippen LogP contribution in [0.25, 0.3) is 0 Å². The van der Waals surface area contributed by atoms with E-state index in [1.165, 1.54) is 28.4 Å². The molecular weight excluding hydrogens is 417 g/mol. The molecule has 8 heteroatoms. The summed E-state index contributed by atoms with van der Waals surface area (Å²) in [7, 11) is -3.15. The third-order valence-corrected chi connectivity index (χ3v) is 7.55. The highest BCUT2D eigenvalue weighted by atomic mass is 32.2. The topological polar surface area (TPSA) is 62.7 Å². The molecule has 1 fully saturated rings. The Morgan fingerprint density at radius 2 is 1.94 bits per heavy atom. The normalized spacial score (nSPS) is 18.1. The Bertz CT molecular complexity index is 990. The first kappa shape index (κ1) is 22.0. The maximum Gasteiger partial charge on any atom is 0.211 e. The molecule has 6 nitrogen and oxygen atoms in total. The van der Waals surface area contributed by atoms with Crippen molar-refractivity contribution >= 4 is 15.8 Å². The molecule has 2 aliphatic rings. The molecule has 0 radical (unpaired) electrons. The number of nitrogens with zero attached hydrogens (tertiary/aromatic N) is 3. The second-order valence-electron chi connectivity index (χ2n) is 8.53. The van der Waals surface area contributed by atoms with Gasteiger partial charge in [0.25, 0.3) is 0 Å². The Kier molecular flexibility index (Phi) is 6.77. The first-order valence-electron chi connectivity index (χ1n) is 10.9. The molecule has 0 atom stereocenters. The van der Waals surface area contributed by atoms with Crippen LogP contribution in [0.1, 0.15) is 36.8 Å². The van der Waals surface area contributed by atoms with Gasteiger partial charge in [0.15, 0.2) is 0 Å². The maximum absolute atomic E-state index is 13.0. The third kappa shape index (κ3) is 5.74. The monoisotopic (exact) mass is 447 g/mol. The zero-order valence-corrected chi connectivity index (χ0v) is 18.8. The smallest absolute Gasteiger partial charge is 0.211 e. The first-order valence-corrected chi connectivity index (χ1v) is 12.8. The summed E-state index contributed by atoms with van der Waals surface area (Å²) in [6.07, 6.45) is 7.65. The highest BCUT2D eigenvalue weighted by Crippen LogP contribution is 2.27. The number of fused-ring (bicyclic) bond motifs is 1. The molecule has 168 valence electrons. The molecule has 4 rings (SSSR count). The van der Waals surface area contributed by atoms with E-state index < -0.39 is 10.0 Å². The van der Waals surface area contributed by atoms with Crippen LogP contribution >= 0.6 is 0 Å². The minimum absolute atomic E-state index is 0.298. The van der Waals surface area contributed by atoms with Gasteiger partial charge in [-0.1, -0.05) is 6.07 Å². The van der Waals surface area contributed by atoms with E-state index in [-0.39, 0.29) is 5.82 Å². The van der Waals surface area contributed by atoms with Gasteiger partial charge in [0.2, 0.25) is 10.0 Å². The van der Waals surface area contributed by atoms with E-state index in [0.29, 0.717) is 25.6 Å². The zero-order chi connectivity index (χ0) is 21.8. The summed E-state index contributed by atoms with van der Waals surface area (Å²) < 4.78 is 44.0. The van der Waals surface area contributed by atoms with Crippen LogP contribution < -0.4 is 9.64 Å². The van der Waals surface area contributed by atoms with Crippen molar-refractivity contribution < 1.29 is 17.5 Å². The SMILES string of the molecule is CS(=O)(=O)N1CCc2cc(OCCCC3CCN(c4ccc(F)cn4)CC3)ccc2C1. The number of aromatic nitrogens is 1. The van der Waals surface area contributed by atoms with Crippen molar-refractivity contribution in [2.75, 3.05) is 37.4 Å². The number of piperidine rings is 1. The fraction of sp³-hybridized carbons (Fsp3) is 0.522. The predicted molar refractivity (Wildman–Crippen MR) is 119 cm³/mol. The van der Waals surface area contributed by atoms with E-state index >= 15 is 0 Å². The van der Waals surface area contributed by atoms with Gasteiger partial charge < -0.3 is 9.64 Å². The van der Waals surface area contributed by atoms with E-state index in [4.69, 9.17) is 4.74 Å². The lowest BCUT2D eigenvalue weighted by Gasteiger charge is -2.32. The number of pyridine rings is 1. The second-order valence-corrected chi connectivity index (χ2v) is 10.5. The fourth-order valence-corrected chi connectivity index (χ4v) is 5.24. The van der Waals surface area contributed by atoms with Gasteiger partial charge >= 0.3 is 0 Å². The van der Waals surface area contributed by atoms with Crippen molar-refractivity contribution in [2.45, 2.75) is 38.6 Å². The van der Waals surface area contributed by atoms with Gasteiger partial charge in [-0.3, -0.25) is 0 Å². The molecule has 0 bridgehead atoms. The lowest BCUT2D eigenvalue weighted by atomic mass is 9.92. The van der Waals surface area contributed by atoms with Crippen molar-refractivity contribution in [3.05, 3.63) is 53.5 Å². The molecule has 3 heterocycles. The molecule has 0 aliphatic carbocycles. The minimum Gasteiger partial charge on any atom is -0.494 e. The lowest BCUT2D eigenvalue weighted by Crippen LogP contribution is -2.35. The Morgan fingerprint density at radius 3 is 2.65 bits per heavy atom. The molecule has 0 amide bonds. The highest BCUT2D eigenvalue weighted by molar-refractivity contribution is 7.88.